The number of carbonyl (C=O) groups excluding carboxylic acids is 1. The van der Waals surface area contributed by atoms with E-state index in [1.54, 1.807) is 0 Å². The number of carbonyl (C=O) groups is 2. The molecule has 5 heteroatoms. The zero-order valence-corrected chi connectivity index (χ0v) is 11.9. The summed E-state index contributed by atoms with van der Waals surface area (Å²) in [5, 5.41) is 9.22. The van der Waals surface area contributed by atoms with Crippen LogP contribution < -0.4 is 5.73 Å². The Bertz CT molecular complexity index is 555. The third-order valence-corrected chi connectivity index (χ3v) is 4.75. The van der Waals surface area contributed by atoms with Crippen molar-refractivity contribution in [1.82, 2.24) is 4.90 Å². The van der Waals surface area contributed by atoms with Gasteiger partial charge in [0.25, 0.3) is 0 Å². The van der Waals surface area contributed by atoms with Crippen LogP contribution in [-0.4, -0.2) is 34.0 Å². The van der Waals surface area contributed by atoms with Crippen molar-refractivity contribution in [3.05, 3.63) is 29.8 Å². The number of hydrogen-bond acceptors (Lipinski definition) is 3. The number of nitrogens with zero attached hydrogens (tertiary/aromatic N) is 1. The number of carboxylic acids is 1. The van der Waals surface area contributed by atoms with Gasteiger partial charge in [0.05, 0.1) is 5.92 Å². The average Bonchev–Trinajstić information content (AvgIpc) is 3.04. The van der Waals surface area contributed by atoms with Gasteiger partial charge in [-0.15, -0.1) is 0 Å². The number of rotatable bonds is 4. The zero-order valence-electron chi connectivity index (χ0n) is 11.9. The predicted molar refractivity (Wildman–Crippen MR) is 78.6 cm³/mol. The Hall–Kier alpha value is -2.04. The largest absolute Gasteiger partial charge is 0.481 e. The first-order chi connectivity index (χ1) is 10.1. The Morgan fingerprint density at radius 1 is 1.24 bits per heavy atom. The molecule has 2 fully saturated rings. The molecule has 0 spiro atoms. The highest BCUT2D eigenvalue weighted by Gasteiger charge is 2.50. The summed E-state index contributed by atoms with van der Waals surface area (Å²) in [7, 11) is 0. The van der Waals surface area contributed by atoms with Gasteiger partial charge in [-0.1, -0.05) is 12.1 Å². The van der Waals surface area contributed by atoms with E-state index in [9.17, 15) is 14.7 Å². The standard InChI is InChI=1S/C16H20N2O3/c17-11-4-1-10(2-5-11)3-8-15(19)18-12-6-7-14(18)13(9-12)16(20)21/h1-2,4-5,12-14H,3,6-9,17H2,(H,20,21). The van der Waals surface area contributed by atoms with Crippen molar-refractivity contribution in [3.8, 4) is 0 Å². The Balaban J connectivity index is 1.61. The van der Waals surface area contributed by atoms with Crippen LogP contribution in [0.25, 0.3) is 0 Å². The van der Waals surface area contributed by atoms with Gasteiger partial charge in [0, 0.05) is 24.2 Å². The highest BCUT2D eigenvalue weighted by Crippen LogP contribution is 2.42. The summed E-state index contributed by atoms with van der Waals surface area (Å²) < 4.78 is 0. The second kappa shape index (κ2) is 5.39. The Morgan fingerprint density at radius 2 is 1.95 bits per heavy atom. The molecule has 0 radical (unpaired) electrons. The molecule has 2 aliphatic heterocycles. The fourth-order valence-electron chi connectivity index (χ4n) is 3.71. The van der Waals surface area contributed by atoms with Crippen molar-refractivity contribution in [2.75, 3.05) is 5.73 Å². The lowest BCUT2D eigenvalue weighted by atomic mass is 9.89. The van der Waals surface area contributed by atoms with Crippen LogP contribution in [-0.2, 0) is 16.0 Å². The average molecular weight is 288 g/mol. The van der Waals surface area contributed by atoms with Gasteiger partial charge in [-0.25, -0.2) is 0 Å². The first-order valence-corrected chi connectivity index (χ1v) is 7.44. The number of amides is 1. The van der Waals surface area contributed by atoms with E-state index in [1.165, 1.54) is 0 Å². The monoisotopic (exact) mass is 288 g/mol. The number of benzene rings is 1. The molecular formula is C16H20N2O3. The number of hydrogen-bond donors (Lipinski definition) is 2. The fourth-order valence-corrected chi connectivity index (χ4v) is 3.71. The molecular weight excluding hydrogens is 268 g/mol. The second-order valence-corrected chi connectivity index (χ2v) is 6.02. The van der Waals surface area contributed by atoms with Crippen LogP contribution in [0.5, 0.6) is 0 Å². The van der Waals surface area contributed by atoms with Gasteiger partial charge in [0.15, 0.2) is 0 Å². The van der Waals surface area contributed by atoms with Gasteiger partial charge in [-0.05, 0) is 43.4 Å². The highest BCUT2D eigenvalue weighted by atomic mass is 16.4. The summed E-state index contributed by atoms with van der Waals surface area (Å²) in [5.74, 6) is -1.05. The molecule has 2 bridgehead atoms. The van der Waals surface area contributed by atoms with Gasteiger partial charge in [-0.2, -0.15) is 0 Å². The SMILES string of the molecule is Nc1ccc(CCC(=O)N2C3CCC2C(C(=O)O)C3)cc1. The molecule has 1 aromatic carbocycles. The lowest BCUT2D eigenvalue weighted by Crippen LogP contribution is -2.37. The summed E-state index contributed by atoms with van der Waals surface area (Å²) >= 11 is 0. The maximum absolute atomic E-state index is 12.4. The number of anilines is 1. The maximum atomic E-state index is 12.4. The molecule has 3 unspecified atom stereocenters. The Labute approximate surface area is 123 Å². The summed E-state index contributed by atoms with van der Waals surface area (Å²) in [6.45, 7) is 0. The quantitative estimate of drug-likeness (QED) is 0.825. The second-order valence-electron chi connectivity index (χ2n) is 6.02. The Morgan fingerprint density at radius 3 is 2.57 bits per heavy atom. The fraction of sp³-hybridized carbons (Fsp3) is 0.500. The van der Waals surface area contributed by atoms with Crippen LogP contribution in [0, 0.1) is 5.92 Å². The third-order valence-electron chi connectivity index (χ3n) is 4.75. The molecule has 3 atom stereocenters. The molecule has 2 aliphatic rings. The van der Waals surface area contributed by atoms with Crippen LogP contribution in [0.1, 0.15) is 31.2 Å². The zero-order chi connectivity index (χ0) is 15.0. The van der Waals surface area contributed by atoms with Crippen molar-refractivity contribution in [1.29, 1.82) is 0 Å². The number of nitrogens with two attached hydrogens (primary N) is 1. The van der Waals surface area contributed by atoms with Crippen molar-refractivity contribution >= 4 is 17.6 Å². The lowest BCUT2D eigenvalue weighted by Gasteiger charge is -2.23. The van der Waals surface area contributed by atoms with E-state index in [4.69, 9.17) is 5.73 Å². The number of aryl methyl sites for hydroxylation is 1. The molecule has 2 heterocycles. The van der Waals surface area contributed by atoms with Gasteiger partial charge in [0.1, 0.15) is 0 Å². The molecule has 0 saturated carbocycles. The van der Waals surface area contributed by atoms with E-state index >= 15 is 0 Å². The van der Waals surface area contributed by atoms with E-state index in [0.717, 1.165) is 18.4 Å². The molecule has 3 N–H and O–H groups in total. The molecule has 21 heavy (non-hydrogen) atoms. The topological polar surface area (TPSA) is 83.6 Å². The first-order valence-electron chi connectivity index (χ1n) is 7.44. The Kier molecular flexibility index (Phi) is 3.57. The number of carboxylic acid groups (broad SMARTS) is 1. The molecule has 2 saturated heterocycles. The third kappa shape index (κ3) is 2.60. The number of nitrogen functional groups attached to an aromatic ring is 1. The van der Waals surface area contributed by atoms with Crippen molar-refractivity contribution in [2.45, 2.75) is 44.2 Å². The molecule has 0 aromatic heterocycles. The summed E-state index contributed by atoms with van der Waals surface area (Å²) in [5.41, 5.74) is 7.44. The van der Waals surface area contributed by atoms with Crippen LogP contribution >= 0.6 is 0 Å². The van der Waals surface area contributed by atoms with Crippen LogP contribution in [0.4, 0.5) is 5.69 Å². The summed E-state index contributed by atoms with van der Waals surface area (Å²) in [6, 6.07) is 7.57. The smallest absolute Gasteiger partial charge is 0.308 e. The van der Waals surface area contributed by atoms with Crippen molar-refractivity contribution in [2.24, 2.45) is 5.92 Å². The first kappa shape index (κ1) is 13.9. The van der Waals surface area contributed by atoms with E-state index < -0.39 is 5.97 Å². The number of aliphatic carboxylic acids is 1. The van der Waals surface area contributed by atoms with E-state index in [1.807, 2.05) is 29.2 Å². The van der Waals surface area contributed by atoms with E-state index in [0.29, 0.717) is 24.9 Å². The minimum atomic E-state index is -0.765. The van der Waals surface area contributed by atoms with Crippen molar-refractivity contribution < 1.29 is 14.7 Å². The normalized spacial score (nSPS) is 27.0. The van der Waals surface area contributed by atoms with E-state index in [2.05, 4.69) is 0 Å². The highest BCUT2D eigenvalue weighted by molar-refractivity contribution is 5.80. The minimum Gasteiger partial charge on any atom is -0.481 e. The van der Waals surface area contributed by atoms with Crippen LogP contribution in [0.15, 0.2) is 24.3 Å². The van der Waals surface area contributed by atoms with E-state index in [-0.39, 0.29) is 23.9 Å². The lowest BCUT2D eigenvalue weighted by molar-refractivity contribution is -0.143. The molecule has 1 aromatic rings. The van der Waals surface area contributed by atoms with Gasteiger partial charge < -0.3 is 15.7 Å². The van der Waals surface area contributed by atoms with Crippen LogP contribution in [0.2, 0.25) is 0 Å². The van der Waals surface area contributed by atoms with Crippen LogP contribution in [0.3, 0.4) is 0 Å². The van der Waals surface area contributed by atoms with Gasteiger partial charge >= 0.3 is 5.97 Å². The van der Waals surface area contributed by atoms with Gasteiger partial charge in [-0.3, -0.25) is 9.59 Å². The summed E-state index contributed by atoms with van der Waals surface area (Å²) in [6.07, 6.45) is 3.50. The van der Waals surface area contributed by atoms with Gasteiger partial charge in [0.2, 0.25) is 5.91 Å². The van der Waals surface area contributed by atoms with Crippen molar-refractivity contribution in [3.63, 3.8) is 0 Å². The summed E-state index contributed by atoms with van der Waals surface area (Å²) in [4.78, 5) is 25.5. The number of fused-ring (bicyclic) bond motifs is 2. The predicted octanol–water partition coefficient (Wildman–Crippen LogP) is 1.67. The molecule has 1 amide bonds. The minimum absolute atomic E-state index is 0.0862. The molecule has 112 valence electrons. The molecule has 0 aliphatic carbocycles. The molecule has 5 nitrogen and oxygen atoms in total. The molecule has 3 rings (SSSR count). The maximum Gasteiger partial charge on any atom is 0.308 e.